The molecule has 0 amide bonds. The highest BCUT2D eigenvalue weighted by Crippen LogP contribution is 2.36. The number of alkyl halides is 2. The van der Waals surface area contributed by atoms with Crippen LogP contribution in [0.1, 0.15) is 17.1 Å². The fourth-order valence-electron chi connectivity index (χ4n) is 1.48. The van der Waals surface area contributed by atoms with Crippen molar-refractivity contribution in [2.45, 2.75) is 12.8 Å². The van der Waals surface area contributed by atoms with Crippen LogP contribution in [-0.2, 0) is 5.92 Å². The number of benzene rings is 1. The standard InChI is InChI=1S/C12H11F2NO/c1-8-5-6-11(16-8)12(13,14)9-3-2-4-10(15)7-9/h2-7H,15H2,1H3. The van der Waals surface area contributed by atoms with Crippen molar-refractivity contribution in [3.8, 4) is 0 Å². The zero-order valence-electron chi connectivity index (χ0n) is 8.71. The Bertz CT molecular complexity index is 505. The highest BCUT2D eigenvalue weighted by atomic mass is 19.3. The van der Waals surface area contributed by atoms with E-state index in [2.05, 4.69) is 0 Å². The monoisotopic (exact) mass is 223 g/mol. The van der Waals surface area contributed by atoms with Crippen molar-refractivity contribution < 1.29 is 13.2 Å². The number of hydrogen-bond donors (Lipinski definition) is 1. The van der Waals surface area contributed by atoms with Crippen LogP contribution in [0.15, 0.2) is 40.8 Å². The molecule has 2 aromatic rings. The van der Waals surface area contributed by atoms with Crippen molar-refractivity contribution in [2.75, 3.05) is 5.73 Å². The van der Waals surface area contributed by atoms with Gasteiger partial charge in [-0.25, -0.2) is 0 Å². The first-order valence-electron chi connectivity index (χ1n) is 4.81. The predicted molar refractivity (Wildman–Crippen MR) is 57.3 cm³/mol. The Labute approximate surface area is 91.7 Å². The molecule has 1 aromatic carbocycles. The normalized spacial score (nSPS) is 11.7. The van der Waals surface area contributed by atoms with Gasteiger partial charge in [-0.1, -0.05) is 12.1 Å². The smallest absolute Gasteiger partial charge is 0.329 e. The summed E-state index contributed by atoms with van der Waals surface area (Å²) in [5.74, 6) is -3.06. The van der Waals surface area contributed by atoms with E-state index < -0.39 is 5.92 Å². The molecular weight excluding hydrogens is 212 g/mol. The lowest BCUT2D eigenvalue weighted by Crippen LogP contribution is -2.14. The van der Waals surface area contributed by atoms with Crippen LogP contribution in [0, 0.1) is 6.92 Å². The molecule has 0 spiro atoms. The molecule has 0 saturated carbocycles. The van der Waals surface area contributed by atoms with Crippen LogP contribution in [0.5, 0.6) is 0 Å². The summed E-state index contributed by atoms with van der Waals surface area (Å²) in [6.45, 7) is 1.62. The van der Waals surface area contributed by atoms with Gasteiger partial charge in [0.1, 0.15) is 5.76 Å². The summed E-state index contributed by atoms with van der Waals surface area (Å²) in [6, 6.07) is 8.42. The maximum absolute atomic E-state index is 13.9. The molecular formula is C12H11F2NO. The minimum atomic E-state index is -3.15. The summed E-state index contributed by atoms with van der Waals surface area (Å²) in [5.41, 5.74) is 5.62. The Balaban J connectivity index is 2.46. The zero-order chi connectivity index (χ0) is 11.8. The quantitative estimate of drug-likeness (QED) is 0.793. The predicted octanol–water partition coefficient (Wildman–Crippen LogP) is 3.31. The molecule has 84 valence electrons. The third-order valence-corrected chi connectivity index (χ3v) is 2.30. The molecule has 0 aliphatic heterocycles. The van der Waals surface area contributed by atoms with E-state index in [0.717, 1.165) is 0 Å². The van der Waals surface area contributed by atoms with Crippen LogP contribution in [0.25, 0.3) is 0 Å². The molecule has 2 N–H and O–H groups in total. The van der Waals surface area contributed by atoms with Gasteiger partial charge in [0, 0.05) is 11.3 Å². The van der Waals surface area contributed by atoms with Gasteiger partial charge >= 0.3 is 5.92 Å². The van der Waals surface area contributed by atoms with Crippen molar-refractivity contribution in [3.63, 3.8) is 0 Å². The van der Waals surface area contributed by atoms with Crippen LogP contribution in [0.3, 0.4) is 0 Å². The highest BCUT2D eigenvalue weighted by molar-refractivity contribution is 5.43. The molecule has 16 heavy (non-hydrogen) atoms. The Kier molecular flexibility index (Phi) is 2.42. The van der Waals surface area contributed by atoms with Crippen LogP contribution >= 0.6 is 0 Å². The van der Waals surface area contributed by atoms with Crippen molar-refractivity contribution >= 4 is 5.69 Å². The number of rotatable bonds is 2. The van der Waals surface area contributed by atoms with E-state index in [1.165, 1.54) is 30.3 Å². The van der Waals surface area contributed by atoms with Crippen LogP contribution in [-0.4, -0.2) is 0 Å². The van der Waals surface area contributed by atoms with Gasteiger partial charge in [-0.2, -0.15) is 8.78 Å². The first kappa shape index (κ1) is 10.7. The number of aryl methyl sites for hydroxylation is 1. The summed E-state index contributed by atoms with van der Waals surface area (Å²) in [5, 5.41) is 0. The van der Waals surface area contributed by atoms with E-state index in [1.807, 2.05) is 0 Å². The largest absolute Gasteiger partial charge is 0.460 e. The summed E-state index contributed by atoms with van der Waals surface area (Å²) < 4.78 is 32.8. The van der Waals surface area contributed by atoms with Gasteiger partial charge in [0.25, 0.3) is 0 Å². The minimum absolute atomic E-state index is 0.165. The van der Waals surface area contributed by atoms with Crippen LogP contribution in [0.2, 0.25) is 0 Å². The molecule has 1 aromatic heterocycles. The third kappa shape index (κ3) is 1.78. The van der Waals surface area contributed by atoms with E-state index in [4.69, 9.17) is 10.2 Å². The van der Waals surface area contributed by atoms with Crippen molar-refractivity contribution in [3.05, 3.63) is 53.5 Å². The molecule has 0 bridgehead atoms. The maximum Gasteiger partial charge on any atom is 0.329 e. The van der Waals surface area contributed by atoms with Crippen LogP contribution < -0.4 is 5.73 Å². The molecule has 1 heterocycles. The van der Waals surface area contributed by atoms with Gasteiger partial charge < -0.3 is 10.2 Å². The number of furan rings is 1. The second kappa shape index (κ2) is 3.63. The summed E-state index contributed by atoms with van der Waals surface area (Å²) in [6.07, 6.45) is 0. The van der Waals surface area contributed by atoms with Gasteiger partial charge in [-0.15, -0.1) is 0 Å². The van der Waals surface area contributed by atoms with Gasteiger partial charge in [0.2, 0.25) is 0 Å². The molecule has 0 unspecified atom stereocenters. The fraction of sp³-hybridized carbons (Fsp3) is 0.167. The van der Waals surface area contributed by atoms with Gasteiger partial charge in [-0.3, -0.25) is 0 Å². The maximum atomic E-state index is 13.9. The van der Waals surface area contributed by atoms with Gasteiger partial charge in [0.15, 0.2) is 5.76 Å². The average molecular weight is 223 g/mol. The highest BCUT2D eigenvalue weighted by Gasteiger charge is 2.37. The number of nitrogens with two attached hydrogens (primary N) is 1. The number of halogens is 2. The SMILES string of the molecule is Cc1ccc(C(F)(F)c2cccc(N)c2)o1. The molecule has 0 saturated heterocycles. The van der Waals surface area contributed by atoms with Crippen molar-refractivity contribution in [1.29, 1.82) is 0 Å². The van der Waals surface area contributed by atoms with Gasteiger partial charge in [0.05, 0.1) is 0 Å². The molecule has 0 atom stereocenters. The van der Waals surface area contributed by atoms with E-state index in [9.17, 15) is 8.78 Å². The van der Waals surface area contributed by atoms with Crippen molar-refractivity contribution in [2.24, 2.45) is 0 Å². The van der Waals surface area contributed by atoms with E-state index in [1.54, 1.807) is 13.0 Å². The molecule has 2 nitrogen and oxygen atoms in total. The lowest BCUT2D eigenvalue weighted by Gasteiger charge is -2.14. The Morgan fingerprint density at radius 1 is 1.19 bits per heavy atom. The van der Waals surface area contributed by atoms with Crippen molar-refractivity contribution in [1.82, 2.24) is 0 Å². The first-order valence-corrected chi connectivity index (χ1v) is 4.81. The second-order valence-corrected chi connectivity index (χ2v) is 3.61. The molecule has 4 heteroatoms. The van der Waals surface area contributed by atoms with E-state index >= 15 is 0 Å². The van der Waals surface area contributed by atoms with Gasteiger partial charge in [-0.05, 0) is 31.2 Å². The van der Waals surface area contributed by atoms with E-state index in [-0.39, 0.29) is 11.3 Å². The molecule has 0 radical (unpaired) electrons. The second-order valence-electron chi connectivity index (χ2n) is 3.61. The number of nitrogen functional groups attached to an aromatic ring is 1. The zero-order valence-corrected chi connectivity index (χ0v) is 8.71. The summed E-state index contributed by atoms with van der Waals surface area (Å²) >= 11 is 0. The minimum Gasteiger partial charge on any atom is -0.460 e. The number of hydrogen-bond acceptors (Lipinski definition) is 2. The topological polar surface area (TPSA) is 39.2 Å². The lowest BCUT2D eigenvalue weighted by atomic mass is 10.1. The average Bonchev–Trinajstić information content (AvgIpc) is 2.65. The molecule has 0 fully saturated rings. The lowest BCUT2D eigenvalue weighted by molar-refractivity contribution is 0.0182. The molecule has 2 rings (SSSR count). The van der Waals surface area contributed by atoms with E-state index in [0.29, 0.717) is 11.4 Å². The Morgan fingerprint density at radius 2 is 1.94 bits per heavy atom. The third-order valence-electron chi connectivity index (χ3n) is 2.30. The molecule has 0 aliphatic carbocycles. The first-order chi connectivity index (χ1) is 7.50. The summed E-state index contributed by atoms with van der Waals surface area (Å²) in [4.78, 5) is 0. The van der Waals surface area contributed by atoms with Crippen LogP contribution in [0.4, 0.5) is 14.5 Å². The number of anilines is 1. The Hall–Kier alpha value is -1.84. The molecule has 0 aliphatic rings. The fourth-order valence-corrected chi connectivity index (χ4v) is 1.48. The Morgan fingerprint density at radius 3 is 2.50 bits per heavy atom. The summed E-state index contributed by atoms with van der Waals surface area (Å²) in [7, 11) is 0.